The van der Waals surface area contributed by atoms with E-state index in [-0.39, 0.29) is 24.0 Å². The molecule has 1 aromatic rings. The fourth-order valence-corrected chi connectivity index (χ4v) is 4.14. The van der Waals surface area contributed by atoms with Gasteiger partial charge in [0.1, 0.15) is 0 Å². The molecule has 1 aliphatic carbocycles. The number of nitrogens with zero attached hydrogens (tertiary/aromatic N) is 2. The fourth-order valence-electron chi connectivity index (χ4n) is 4.14. The molecule has 0 unspecified atom stereocenters. The molecule has 1 saturated heterocycles. The quantitative estimate of drug-likeness (QED) is 0.410. The van der Waals surface area contributed by atoms with E-state index < -0.39 is 0 Å². The third kappa shape index (κ3) is 5.33. The average molecular weight is 457 g/mol. The van der Waals surface area contributed by atoms with Crippen LogP contribution in [0.1, 0.15) is 50.2 Å². The summed E-state index contributed by atoms with van der Waals surface area (Å²) in [7, 11) is 1.90. The molecule has 1 heterocycles. The van der Waals surface area contributed by atoms with E-state index in [0.717, 1.165) is 25.7 Å². The van der Waals surface area contributed by atoms with Crippen molar-refractivity contribution in [2.75, 3.05) is 26.7 Å². The van der Waals surface area contributed by atoms with Crippen LogP contribution in [0.5, 0.6) is 0 Å². The zero-order valence-electron chi connectivity index (χ0n) is 15.6. The number of hydrogen-bond acceptors (Lipinski definition) is 2. The molecule has 0 amide bonds. The number of nitrogens with one attached hydrogen (secondary N) is 1. The second-order valence-electron chi connectivity index (χ2n) is 7.23. The van der Waals surface area contributed by atoms with Crippen LogP contribution >= 0.6 is 24.0 Å². The highest BCUT2D eigenvalue weighted by molar-refractivity contribution is 14.0. The molecule has 4 nitrogen and oxygen atoms in total. The Kier molecular flexibility index (Phi) is 8.00. The molecular formula is C20H32IN3O. The van der Waals surface area contributed by atoms with Gasteiger partial charge in [0.2, 0.25) is 0 Å². The minimum Gasteiger partial charge on any atom is -0.377 e. The predicted octanol–water partition coefficient (Wildman–Crippen LogP) is 4.18. The smallest absolute Gasteiger partial charge is 0.193 e. The van der Waals surface area contributed by atoms with Crippen LogP contribution in [-0.2, 0) is 17.9 Å². The zero-order valence-corrected chi connectivity index (χ0v) is 17.9. The first-order valence-electron chi connectivity index (χ1n) is 9.36. The van der Waals surface area contributed by atoms with Gasteiger partial charge in [0.15, 0.2) is 5.96 Å². The van der Waals surface area contributed by atoms with Crippen LogP contribution in [0.4, 0.5) is 0 Å². The average Bonchev–Trinajstić information content (AvgIpc) is 3.25. The Hall–Kier alpha value is -0.820. The third-order valence-corrected chi connectivity index (χ3v) is 5.56. The maximum Gasteiger partial charge on any atom is 0.193 e. The summed E-state index contributed by atoms with van der Waals surface area (Å²) in [5.41, 5.74) is 3.09. The minimum atomic E-state index is 0. The largest absolute Gasteiger partial charge is 0.377 e. The normalized spacial score (nSPS) is 19.3. The van der Waals surface area contributed by atoms with E-state index >= 15 is 0 Å². The van der Waals surface area contributed by atoms with Gasteiger partial charge in [-0.1, -0.05) is 37.1 Å². The number of aliphatic imine (C=N–C) groups is 1. The molecular weight excluding hydrogens is 425 g/mol. The van der Waals surface area contributed by atoms with Crippen LogP contribution in [0.2, 0.25) is 0 Å². The van der Waals surface area contributed by atoms with Crippen molar-refractivity contribution in [3.05, 3.63) is 35.4 Å². The highest BCUT2D eigenvalue weighted by Gasteiger charge is 2.40. The fraction of sp³-hybridized carbons (Fsp3) is 0.650. The number of guanidine groups is 1. The molecule has 1 saturated carbocycles. The van der Waals surface area contributed by atoms with Gasteiger partial charge < -0.3 is 15.0 Å². The lowest BCUT2D eigenvalue weighted by Crippen LogP contribution is -2.40. The lowest BCUT2D eigenvalue weighted by atomic mass is 9.86. The molecule has 0 atom stereocenters. The van der Waals surface area contributed by atoms with Gasteiger partial charge >= 0.3 is 0 Å². The molecule has 25 heavy (non-hydrogen) atoms. The summed E-state index contributed by atoms with van der Waals surface area (Å²) >= 11 is 0. The van der Waals surface area contributed by atoms with E-state index in [1.54, 1.807) is 0 Å². The van der Waals surface area contributed by atoms with Crippen LogP contribution in [0.15, 0.2) is 29.3 Å². The Morgan fingerprint density at radius 2 is 1.84 bits per heavy atom. The van der Waals surface area contributed by atoms with Crippen molar-refractivity contribution in [1.29, 1.82) is 0 Å². The molecule has 0 aromatic heterocycles. The topological polar surface area (TPSA) is 36.9 Å². The highest BCUT2D eigenvalue weighted by Crippen LogP contribution is 2.45. The van der Waals surface area contributed by atoms with Crippen molar-refractivity contribution in [2.45, 2.75) is 52.2 Å². The lowest BCUT2D eigenvalue weighted by molar-refractivity contribution is 0.134. The summed E-state index contributed by atoms with van der Waals surface area (Å²) in [6, 6.07) is 8.66. The van der Waals surface area contributed by atoms with Crippen LogP contribution in [0, 0.1) is 5.41 Å². The van der Waals surface area contributed by atoms with E-state index in [2.05, 4.69) is 39.5 Å². The van der Waals surface area contributed by atoms with E-state index in [1.807, 2.05) is 14.0 Å². The first kappa shape index (κ1) is 20.5. The van der Waals surface area contributed by atoms with Gasteiger partial charge in [0, 0.05) is 33.3 Å². The molecule has 0 radical (unpaired) electrons. The van der Waals surface area contributed by atoms with Gasteiger partial charge in [-0.3, -0.25) is 4.99 Å². The van der Waals surface area contributed by atoms with E-state index in [4.69, 9.17) is 4.74 Å². The summed E-state index contributed by atoms with van der Waals surface area (Å²) in [5.74, 6) is 1.05. The van der Waals surface area contributed by atoms with Crippen molar-refractivity contribution < 1.29 is 4.74 Å². The van der Waals surface area contributed by atoms with Crippen LogP contribution in [-0.4, -0.2) is 37.6 Å². The molecule has 1 spiro atoms. The van der Waals surface area contributed by atoms with E-state index in [1.165, 1.54) is 49.8 Å². The second kappa shape index (κ2) is 9.76. The van der Waals surface area contributed by atoms with Crippen LogP contribution in [0.3, 0.4) is 0 Å². The first-order chi connectivity index (χ1) is 11.7. The third-order valence-electron chi connectivity index (χ3n) is 5.56. The second-order valence-corrected chi connectivity index (χ2v) is 7.23. The van der Waals surface area contributed by atoms with Gasteiger partial charge in [-0.15, -0.1) is 24.0 Å². The van der Waals surface area contributed by atoms with Crippen molar-refractivity contribution in [3.63, 3.8) is 0 Å². The maximum atomic E-state index is 5.45. The van der Waals surface area contributed by atoms with Gasteiger partial charge in [-0.05, 0) is 42.7 Å². The molecule has 0 bridgehead atoms. The number of halogens is 1. The van der Waals surface area contributed by atoms with Crippen LogP contribution < -0.4 is 5.32 Å². The summed E-state index contributed by atoms with van der Waals surface area (Å²) in [5, 5.41) is 3.54. The molecule has 2 fully saturated rings. The summed E-state index contributed by atoms with van der Waals surface area (Å²) in [4.78, 5) is 6.96. The van der Waals surface area contributed by atoms with Gasteiger partial charge in [-0.2, -0.15) is 0 Å². The van der Waals surface area contributed by atoms with Gasteiger partial charge in [0.25, 0.3) is 0 Å². The molecule has 1 N–H and O–H groups in total. The zero-order chi connectivity index (χ0) is 16.8. The Labute approximate surface area is 169 Å². The Morgan fingerprint density at radius 1 is 1.16 bits per heavy atom. The van der Waals surface area contributed by atoms with Crippen molar-refractivity contribution in [2.24, 2.45) is 10.4 Å². The van der Waals surface area contributed by atoms with E-state index in [0.29, 0.717) is 12.0 Å². The van der Waals surface area contributed by atoms with Crippen molar-refractivity contribution in [1.82, 2.24) is 10.2 Å². The number of likely N-dealkylation sites (tertiary alicyclic amines) is 1. The Morgan fingerprint density at radius 3 is 2.48 bits per heavy atom. The predicted molar refractivity (Wildman–Crippen MR) is 114 cm³/mol. The number of benzene rings is 1. The lowest BCUT2D eigenvalue weighted by Gasteiger charge is -2.26. The highest BCUT2D eigenvalue weighted by atomic mass is 127. The monoisotopic (exact) mass is 457 g/mol. The molecule has 5 heteroatoms. The van der Waals surface area contributed by atoms with Gasteiger partial charge in [-0.25, -0.2) is 0 Å². The SMILES string of the molecule is CCOCc1ccc(CNC(=NC)N2CCC3(CCCC3)C2)cc1.I. The summed E-state index contributed by atoms with van der Waals surface area (Å²) < 4.78 is 5.45. The number of rotatable bonds is 5. The van der Waals surface area contributed by atoms with Crippen LogP contribution in [0.25, 0.3) is 0 Å². The first-order valence-corrected chi connectivity index (χ1v) is 9.36. The molecule has 1 aliphatic heterocycles. The maximum absolute atomic E-state index is 5.45. The van der Waals surface area contributed by atoms with Crippen molar-refractivity contribution in [3.8, 4) is 0 Å². The Balaban J connectivity index is 0.00000225. The molecule has 140 valence electrons. The number of ether oxygens (including phenoxy) is 1. The molecule has 2 aliphatic rings. The number of hydrogen-bond donors (Lipinski definition) is 1. The summed E-state index contributed by atoms with van der Waals surface area (Å²) in [6.45, 7) is 6.63. The molecule has 3 rings (SSSR count). The standard InChI is InChI=1S/C20H31N3O.HI/c1-3-24-15-18-8-6-17(7-9-18)14-22-19(21-2)23-13-12-20(16-23)10-4-5-11-20;/h6-9H,3-5,10-16H2,1-2H3,(H,21,22);1H. The molecule has 1 aromatic carbocycles. The summed E-state index contributed by atoms with van der Waals surface area (Å²) in [6.07, 6.45) is 6.96. The van der Waals surface area contributed by atoms with E-state index in [9.17, 15) is 0 Å². The Bertz CT molecular complexity index is 553. The van der Waals surface area contributed by atoms with Gasteiger partial charge in [0.05, 0.1) is 6.61 Å². The minimum absolute atomic E-state index is 0. The van der Waals surface area contributed by atoms with Crippen molar-refractivity contribution >= 4 is 29.9 Å².